The lowest BCUT2D eigenvalue weighted by atomic mass is 10.0. The molecule has 0 radical (unpaired) electrons. The Bertz CT molecular complexity index is 1570. The summed E-state index contributed by atoms with van der Waals surface area (Å²) < 4.78 is 33.8. The van der Waals surface area contributed by atoms with Gasteiger partial charge in [-0.2, -0.15) is 0 Å². The van der Waals surface area contributed by atoms with E-state index < -0.39 is 11.7 Å². The molecule has 1 aliphatic heterocycles. The highest BCUT2D eigenvalue weighted by atomic mass is 35.5. The average Bonchev–Trinajstić information content (AvgIpc) is 3.36. The van der Waals surface area contributed by atoms with Crippen molar-refractivity contribution in [3.8, 4) is 11.3 Å². The van der Waals surface area contributed by atoms with E-state index >= 15 is 0 Å². The SMILES string of the molecule is Cc1onc(-c2c(F)cccc2Cl)c1C(=O)N(CCN1CCN(C(=O)c2ccccc2Cl)CC1)Cc1ccc(F)cc1. The van der Waals surface area contributed by atoms with Gasteiger partial charge in [0.25, 0.3) is 11.8 Å². The molecule has 4 aromatic rings. The Morgan fingerprint density at radius 3 is 2.31 bits per heavy atom. The first kappa shape index (κ1) is 29.7. The number of hydrogen-bond donors (Lipinski definition) is 0. The molecule has 1 aromatic heterocycles. The largest absolute Gasteiger partial charge is 0.360 e. The molecule has 2 heterocycles. The van der Waals surface area contributed by atoms with Crippen LogP contribution in [0.2, 0.25) is 10.0 Å². The Morgan fingerprint density at radius 1 is 0.929 bits per heavy atom. The van der Waals surface area contributed by atoms with Gasteiger partial charge in [-0.3, -0.25) is 14.5 Å². The number of carbonyl (C=O) groups excluding carboxylic acids is 2. The summed E-state index contributed by atoms with van der Waals surface area (Å²) >= 11 is 12.5. The van der Waals surface area contributed by atoms with Crippen LogP contribution in [0.25, 0.3) is 11.3 Å². The highest BCUT2D eigenvalue weighted by Crippen LogP contribution is 2.34. The number of carbonyl (C=O) groups is 2. The minimum Gasteiger partial charge on any atom is -0.360 e. The average molecular weight is 613 g/mol. The van der Waals surface area contributed by atoms with Gasteiger partial charge in [0, 0.05) is 45.8 Å². The van der Waals surface area contributed by atoms with E-state index in [1.54, 1.807) is 53.1 Å². The normalized spacial score (nSPS) is 13.8. The monoisotopic (exact) mass is 612 g/mol. The van der Waals surface area contributed by atoms with Crippen LogP contribution in [0.1, 0.15) is 32.0 Å². The van der Waals surface area contributed by atoms with Crippen LogP contribution in [0.4, 0.5) is 8.78 Å². The molecule has 0 spiro atoms. The molecule has 0 N–H and O–H groups in total. The topological polar surface area (TPSA) is 69.9 Å². The first-order valence-corrected chi connectivity index (χ1v) is 14.2. The molecule has 0 unspecified atom stereocenters. The van der Waals surface area contributed by atoms with Crippen LogP contribution in [-0.4, -0.2) is 70.9 Å². The molecule has 5 rings (SSSR count). The van der Waals surface area contributed by atoms with Crippen molar-refractivity contribution in [1.29, 1.82) is 0 Å². The number of hydrogen-bond acceptors (Lipinski definition) is 5. The van der Waals surface area contributed by atoms with E-state index in [1.807, 2.05) is 0 Å². The summed E-state index contributed by atoms with van der Waals surface area (Å²) in [5.41, 5.74) is 1.31. The first-order valence-electron chi connectivity index (χ1n) is 13.4. The smallest absolute Gasteiger partial charge is 0.260 e. The fraction of sp³-hybridized carbons (Fsp3) is 0.258. The third-order valence-corrected chi connectivity index (χ3v) is 7.94. The van der Waals surface area contributed by atoms with Crippen molar-refractivity contribution in [2.45, 2.75) is 13.5 Å². The summed E-state index contributed by atoms with van der Waals surface area (Å²) in [5, 5.41) is 4.50. The van der Waals surface area contributed by atoms with E-state index in [-0.39, 0.29) is 45.9 Å². The van der Waals surface area contributed by atoms with Gasteiger partial charge in [0.2, 0.25) is 0 Å². The van der Waals surface area contributed by atoms with E-state index in [0.717, 1.165) is 5.56 Å². The number of rotatable bonds is 8. The Morgan fingerprint density at radius 2 is 1.62 bits per heavy atom. The van der Waals surface area contributed by atoms with E-state index in [1.165, 1.54) is 30.3 Å². The first-order chi connectivity index (χ1) is 20.2. The molecule has 0 aliphatic carbocycles. The van der Waals surface area contributed by atoms with Crippen molar-refractivity contribution in [3.05, 3.63) is 111 Å². The van der Waals surface area contributed by atoms with Crippen molar-refractivity contribution >= 4 is 35.0 Å². The zero-order chi connectivity index (χ0) is 29.8. The number of halogens is 4. The van der Waals surface area contributed by atoms with E-state index in [4.69, 9.17) is 27.7 Å². The highest BCUT2D eigenvalue weighted by molar-refractivity contribution is 6.34. The van der Waals surface area contributed by atoms with Crippen molar-refractivity contribution in [3.63, 3.8) is 0 Å². The molecule has 11 heteroatoms. The summed E-state index contributed by atoms with van der Waals surface area (Å²) in [5.74, 6) is -1.31. The van der Waals surface area contributed by atoms with E-state index in [9.17, 15) is 18.4 Å². The van der Waals surface area contributed by atoms with Gasteiger partial charge in [-0.05, 0) is 48.9 Å². The molecule has 1 saturated heterocycles. The Balaban J connectivity index is 1.33. The molecule has 0 saturated carbocycles. The fourth-order valence-corrected chi connectivity index (χ4v) is 5.45. The number of piperazine rings is 1. The van der Waals surface area contributed by atoms with Gasteiger partial charge in [0.1, 0.15) is 28.7 Å². The summed E-state index contributed by atoms with van der Waals surface area (Å²) in [6, 6.07) is 17.1. The highest BCUT2D eigenvalue weighted by Gasteiger charge is 2.30. The second-order valence-electron chi connectivity index (χ2n) is 10.0. The predicted octanol–water partition coefficient (Wildman–Crippen LogP) is 6.34. The van der Waals surface area contributed by atoms with Crippen molar-refractivity contribution in [2.75, 3.05) is 39.3 Å². The lowest BCUT2D eigenvalue weighted by Crippen LogP contribution is -2.50. The predicted molar refractivity (Wildman–Crippen MR) is 157 cm³/mol. The van der Waals surface area contributed by atoms with Crippen LogP contribution in [-0.2, 0) is 6.54 Å². The summed E-state index contributed by atoms with van der Waals surface area (Å²) in [7, 11) is 0. The second-order valence-corrected chi connectivity index (χ2v) is 10.8. The summed E-state index contributed by atoms with van der Waals surface area (Å²) in [6.07, 6.45) is 0. The van der Waals surface area contributed by atoms with Gasteiger partial charge in [0.15, 0.2) is 0 Å². The molecule has 218 valence electrons. The quantitative estimate of drug-likeness (QED) is 0.232. The zero-order valence-electron chi connectivity index (χ0n) is 22.8. The van der Waals surface area contributed by atoms with Crippen LogP contribution in [0.15, 0.2) is 71.3 Å². The second kappa shape index (κ2) is 13.0. The molecule has 0 bridgehead atoms. The van der Waals surface area contributed by atoms with Crippen molar-refractivity contribution in [2.24, 2.45) is 0 Å². The van der Waals surface area contributed by atoms with E-state index in [2.05, 4.69) is 10.1 Å². The van der Waals surface area contributed by atoms with Gasteiger partial charge < -0.3 is 14.3 Å². The zero-order valence-corrected chi connectivity index (χ0v) is 24.3. The maximum atomic E-state index is 14.8. The minimum atomic E-state index is -0.626. The number of aryl methyl sites for hydroxylation is 1. The third kappa shape index (κ3) is 6.48. The van der Waals surface area contributed by atoms with Gasteiger partial charge in [-0.1, -0.05) is 58.7 Å². The van der Waals surface area contributed by atoms with Crippen LogP contribution in [0.3, 0.4) is 0 Å². The molecule has 3 aromatic carbocycles. The Labute approximate surface area is 252 Å². The van der Waals surface area contributed by atoms with Crippen LogP contribution >= 0.6 is 23.2 Å². The third-order valence-electron chi connectivity index (χ3n) is 7.30. The summed E-state index contributed by atoms with van der Waals surface area (Å²) in [4.78, 5) is 32.5. The molecular weight excluding hydrogens is 585 g/mol. The van der Waals surface area contributed by atoms with Crippen molar-refractivity contribution in [1.82, 2.24) is 19.9 Å². The number of nitrogens with zero attached hydrogens (tertiary/aromatic N) is 4. The van der Waals surface area contributed by atoms with Crippen LogP contribution in [0.5, 0.6) is 0 Å². The van der Waals surface area contributed by atoms with Gasteiger partial charge in [0.05, 0.1) is 21.2 Å². The molecule has 0 atom stereocenters. The molecule has 2 amide bonds. The lowest BCUT2D eigenvalue weighted by Gasteiger charge is -2.36. The van der Waals surface area contributed by atoms with Crippen LogP contribution in [0, 0.1) is 18.6 Å². The van der Waals surface area contributed by atoms with Gasteiger partial charge in [-0.25, -0.2) is 8.78 Å². The molecular formula is C31H28Cl2F2N4O3. The maximum Gasteiger partial charge on any atom is 0.260 e. The Hall–Kier alpha value is -3.79. The fourth-order valence-electron chi connectivity index (χ4n) is 4.98. The van der Waals surface area contributed by atoms with Crippen molar-refractivity contribution < 1.29 is 22.9 Å². The van der Waals surface area contributed by atoms with Gasteiger partial charge in [-0.15, -0.1) is 0 Å². The summed E-state index contributed by atoms with van der Waals surface area (Å²) in [6.45, 7) is 4.83. The number of aromatic nitrogens is 1. The van der Waals surface area contributed by atoms with Gasteiger partial charge >= 0.3 is 0 Å². The Kier molecular flexibility index (Phi) is 9.21. The molecule has 7 nitrogen and oxygen atoms in total. The number of benzene rings is 3. The standard InChI is InChI=1S/C31H28Cl2F2N4O3/c1-20-27(29(36-42-20)28-25(33)7-4-8-26(28)35)31(41)39(19-21-9-11-22(34)12-10-21)18-15-37-13-16-38(17-14-37)30(40)23-5-2-3-6-24(23)32/h2-12H,13-19H2,1H3. The number of amides is 2. The molecule has 1 aliphatic rings. The van der Waals surface area contributed by atoms with Crippen LogP contribution < -0.4 is 0 Å². The maximum absolute atomic E-state index is 14.8. The molecule has 42 heavy (non-hydrogen) atoms. The molecule has 1 fully saturated rings. The lowest BCUT2D eigenvalue weighted by molar-refractivity contribution is 0.0598. The minimum absolute atomic E-state index is 0.0135. The van der Waals surface area contributed by atoms with E-state index in [0.29, 0.717) is 49.9 Å².